The van der Waals surface area contributed by atoms with E-state index in [0.717, 1.165) is 30.5 Å². The molecule has 2 aromatic rings. The first-order chi connectivity index (χ1) is 13.9. The summed E-state index contributed by atoms with van der Waals surface area (Å²) in [5.41, 5.74) is 6.90. The summed E-state index contributed by atoms with van der Waals surface area (Å²) in [5, 5.41) is 6.05. The second-order valence-corrected chi connectivity index (χ2v) is 7.81. The topological polar surface area (TPSA) is 126 Å². The molecule has 1 aliphatic carbocycles. The molecule has 1 saturated heterocycles. The molecule has 4 rings (SSSR count). The molecule has 2 aliphatic rings. The number of nitrogen functional groups attached to an aromatic ring is 1. The van der Waals surface area contributed by atoms with Gasteiger partial charge in [-0.3, -0.25) is 9.69 Å². The number of rotatable bonds is 4. The summed E-state index contributed by atoms with van der Waals surface area (Å²) < 4.78 is 0. The Hall–Kier alpha value is -3.23. The number of carbonyl (C=O) groups is 2. The largest absolute Gasteiger partial charge is 0.368 e. The van der Waals surface area contributed by atoms with Gasteiger partial charge < -0.3 is 16.4 Å². The Morgan fingerprint density at radius 1 is 1.24 bits per heavy atom. The van der Waals surface area contributed by atoms with Gasteiger partial charge >= 0.3 is 6.03 Å². The minimum Gasteiger partial charge on any atom is -0.368 e. The van der Waals surface area contributed by atoms with Crippen LogP contribution in [0.2, 0.25) is 0 Å². The van der Waals surface area contributed by atoms with Gasteiger partial charge in [-0.05, 0) is 37.3 Å². The molecule has 2 heterocycles. The van der Waals surface area contributed by atoms with Crippen molar-refractivity contribution in [3.8, 4) is 0 Å². The molecule has 1 aromatic heterocycles. The monoisotopic (exact) mass is 395 g/mol. The lowest BCUT2D eigenvalue weighted by Crippen LogP contribution is -2.53. The third kappa shape index (κ3) is 3.48. The van der Waals surface area contributed by atoms with E-state index in [1.807, 2.05) is 38.1 Å². The normalized spacial score (nSPS) is 24.1. The van der Waals surface area contributed by atoms with Gasteiger partial charge in [0, 0.05) is 5.69 Å². The van der Waals surface area contributed by atoms with Gasteiger partial charge in [-0.15, -0.1) is 0 Å². The lowest BCUT2D eigenvalue weighted by atomic mass is 9.73. The second kappa shape index (κ2) is 7.31. The highest BCUT2D eigenvalue weighted by molar-refractivity contribution is 6.07. The number of aromatic nitrogens is 3. The molecule has 0 radical (unpaired) electrons. The fraction of sp³-hybridized carbons (Fsp3) is 0.450. The number of hydrogen-bond acceptors (Lipinski definition) is 7. The van der Waals surface area contributed by atoms with Crippen LogP contribution >= 0.6 is 0 Å². The molecule has 9 nitrogen and oxygen atoms in total. The molecule has 1 saturated carbocycles. The Labute approximate surface area is 169 Å². The van der Waals surface area contributed by atoms with Crippen molar-refractivity contribution in [2.75, 3.05) is 11.1 Å². The van der Waals surface area contributed by atoms with Crippen LogP contribution in [-0.4, -0.2) is 37.3 Å². The van der Waals surface area contributed by atoms with Gasteiger partial charge in [0.15, 0.2) is 5.82 Å². The Bertz CT molecular complexity index is 964. The SMILES string of the molecule is Cc1ccccc1Nc1nc(N)nc(CN2C(=O)N[C@]3(CCCC[C@H]3C)C2=O)n1. The number of amides is 3. The van der Waals surface area contributed by atoms with Gasteiger partial charge in [0.25, 0.3) is 5.91 Å². The van der Waals surface area contributed by atoms with Crippen molar-refractivity contribution in [1.29, 1.82) is 0 Å². The predicted molar refractivity (Wildman–Crippen MR) is 108 cm³/mol. The van der Waals surface area contributed by atoms with E-state index in [9.17, 15) is 9.59 Å². The number of nitrogens with zero attached hydrogens (tertiary/aromatic N) is 4. The number of hydrogen-bond donors (Lipinski definition) is 3. The number of nitrogens with one attached hydrogen (secondary N) is 2. The van der Waals surface area contributed by atoms with E-state index in [0.29, 0.717) is 6.42 Å². The van der Waals surface area contributed by atoms with Gasteiger partial charge in [0.1, 0.15) is 5.54 Å². The van der Waals surface area contributed by atoms with Crippen molar-refractivity contribution >= 4 is 29.5 Å². The molecule has 9 heteroatoms. The molecule has 1 spiro atoms. The van der Waals surface area contributed by atoms with Gasteiger partial charge in [-0.1, -0.05) is 38.0 Å². The maximum atomic E-state index is 13.1. The van der Waals surface area contributed by atoms with Crippen LogP contribution in [0.5, 0.6) is 0 Å². The first-order valence-corrected chi connectivity index (χ1v) is 9.86. The van der Waals surface area contributed by atoms with Crippen molar-refractivity contribution < 1.29 is 9.59 Å². The Balaban J connectivity index is 1.56. The van der Waals surface area contributed by atoms with Gasteiger partial charge in [0.05, 0.1) is 6.54 Å². The molecule has 29 heavy (non-hydrogen) atoms. The lowest BCUT2D eigenvalue weighted by Gasteiger charge is -2.36. The summed E-state index contributed by atoms with van der Waals surface area (Å²) in [4.78, 5) is 39.5. The van der Waals surface area contributed by atoms with Gasteiger partial charge in [0.2, 0.25) is 11.9 Å². The Morgan fingerprint density at radius 2 is 2.03 bits per heavy atom. The van der Waals surface area contributed by atoms with E-state index in [2.05, 4.69) is 25.6 Å². The number of imide groups is 1. The first kappa shape index (κ1) is 19.1. The van der Waals surface area contributed by atoms with Crippen LogP contribution in [0.15, 0.2) is 24.3 Å². The highest BCUT2D eigenvalue weighted by atomic mass is 16.2. The minimum atomic E-state index is -0.809. The van der Waals surface area contributed by atoms with E-state index in [-0.39, 0.29) is 36.1 Å². The summed E-state index contributed by atoms with van der Waals surface area (Å²) in [6, 6.07) is 7.30. The number of aryl methyl sites for hydroxylation is 1. The van der Waals surface area contributed by atoms with Crippen molar-refractivity contribution in [3.05, 3.63) is 35.7 Å². The lowest BCUT2D eigenvalue weighted by molar-refractivity contribution is -0.134. The highest BCUT2D eigenvalue weighted by Gasteiger charge is 2.54. The molecule has 4 N–H and O–H groups in total. The van der Waals surface area contributed by atoms with Crippen molar-refractivity contribution in [2.45, 2.75) is 51.6 Å². The molecule has 1 aromatic carbocycles. The number of urea groups is 1. The second-order valence-electron chi connectivity index (χ2n) is 7.81. The first-order valence-electron chi connectivity index (χ1n) is 9.86. The molecule has 152 valence electrons. The number of para-hydroxylation sites is 1. The molecule has 2 fully saturated rings. The zero-order valence-electron chi connectivity index (χ0n) is 16.6. The number of carbonyl (C=O) groups excluding carboxylic acids is 2. The summed E-state index contributed by atoms with van der Waals surface area (Å²) in [7, 11) is 0. The van der Waals surface area contributed by atoms with Crippen molar-refractivity contribution in [3.63, 3.8) is 0 Å². The van der Waals surface area contributed by atoms with E-state index in [4.69, 9.17) is 5.73 Å². The number of anilines is 3. The van der Waals surface area contributed by atoms with Gasteiger partial charge in [-0.2, -0.15) is 15.0 Å². The average molecular weight is 395 g/mol. The van der Waals surface area contributed by atoms with E-state index in [1.54, 1.807) is 0 Å². The van der Waals surface area contributed by atoms with Crippen LogP contribution in [0, 0.1) is 12.8 Å². The predicted octanol–water partition coefficient (Wildman–Crippen LogP) is 2.51. The van der Waals surface area contributed by atoms with E-state index < -0.39 is 11.6 Å². The van der Waals surface area contributed by atoms with Crippen LogP contribution in [0.3, 0.4) is 0 Å². The van der Waals surface area contributed by atoms with Crippen LogP contribution in [0.1, 0.15) is 44.0 Å². The molecule has 2 atom stereocenters. The minimum absolute atomic E-state index is 0.0267. The molecule has 0 unspecified atom stereocenters. The number of nitrogens with two attached hydrogens (primary N) is 1. The smallest absolute Gasteiger partial charge is 0.325 e. The molecule has 1 aliphatic heterocycles. The fourth-order valence-corrected chi connectivity index (χ4v) is 4.18. The van der Waals surface area contributed by atoms with Gasteiger partial charge in [-0.25, -0.2) is 4.79 Å². The maximum absolute atomic E-state index is 13.1. The maximum Gasteiger partial charge on any atom is 0.325 e. The van der Waals surface area contributed by atoms with E-state index >= 15 is 0 Å². The Morgan fingerprint density at radius 3 is 2.79 bits per heavy atom. The van der Waals surface area contributed by atoms with Crippen molar-refractivity contribution in [2.24, 2.45) is 5.92 Å². The molecular formula is C20H25N7O2. The summed E-state index contributed by atoms with van der Waals surface area (Å²) >= 11 is 0. The van der Waals surface area contributed by atoms with Crippen molar-refractivity contribution in [1.82, 2.24) is 25.2 Å². The number of benzene rings is 1. The third-order valence-corrected chi connectivity index (χ3v) is 5.89. The van der Waals surface area contributed by atoms with Crippen LogP contribution < -0.4 is 16.4 Å². The zero-order valence-corrected chi connectivity index (χ0v) is 16.6. The van der Waals surface area contributed by atoms with Crippen LogP contribution in [-0.2, 0) is 11.3 Å². The summed E-state index contributed by atoms with van der Waals surface area (Å²) in [6.45, 7) is 3.94. The highest BCUT2D eigenvalue weighted by Crippen LogP contribution is 2.38. The average Bonchev–Trinajstić information content (AvgIpc) is 2.91. The third-order valence-electron chi connectivity index (χ3n) is 5.89. The Kier molecular flexibility index (Phi) is 4.81. The molecule has 0 bridgehead atoms. The quantitative estimate of drug-likeness (QED) is 0.679. The zero-order chi connectivity index (χ0) is 20.6. The molecular weight excluding hydrogens is 370 g/mol. The summed E-state index contributed by atoms with van der Waals surface area (Å²) in [6.07, 6.45) is 3.58. The van der Waals surface area contributed by atoms with Crippen LogP contribution in [0.25, 0.3) is 0 Å². The van der Waals surface area contributed by atoms with E-state index in [1.165, 1.54) is 4.90 Å². The van der Waals surface area contributed by atoms with Crippen LogP contribution in [0.4, 0.5) is 22.4 Å². The standard InChI is InChI=1S/C20H25N7O2/c1-12-7-3-4-9-14(12)22-18-24-15(23-17(21)25-18)11-27-16(28)20(26-19(27)29)10-6-5-8-13(20)2/h3-4,7,9,13H,5-6,8,10-11H2,1-2H3,(H,26,29)(H3,21,22,23,24,25)/t13-,20+/m1/s1. The fourth-order valence-electron chi connectivity index (χ4n) is 4.18. The molecule has 3 amide bonds. The summed E-state index contributed by atoms with van der Waals surface area (Å²) in [5.74, 6) is 0.451.